The minimum atomic E-state index is -1.17. The van der Waals surface area contributed by atoms with Crippen LogP contribution in [-0.4, -0.2) is 41.1 Å². The number of hydrogen-bond donors (Lipinski definition) is 0. The van der Waals surface area contributed by atoms with Crippen molar-refractivity contribution >= 4 is 40.6 Å². The monoisotopic (exact) mass is 448 g/mol. The molecule has 0 radical (unpaired) electrons. The van der Waals surface area contributed by atoms with E-state index in [0.29, 0.717) is 5.69 Å². The van der Waals surface area contributed by atoms with Crippen molar-refractivity contribution in [3.05, 3.63) is 70.0 Å². The fourth-order valence-corrected chi connectivity index (χ4v) is 3.47. The Balaban J connectivity index is 1.71. The molecule has 10 heteroatoms. The Hall–Kier alpha value is -3.33. The third-order valence-corrected chi connectivity index (χ3v) is 5.08. The molecule has 1 amide bonds. The van der Waals surface area contributed by atoms with E-state index in [1.54, 1.807) is 0 Å². The van der Waals surface area contributed by atoms with E-state index < -0.39 is 34.5 Å². The number of non-ortho nitro benzene ring substituents is 1. The molecule has 8 nitrogen and oxygen atoms in total. The second kappa shape index (κ2) is 9.65. The Bertz CT molecular complexity index is 1010. The lowest BCUT2D eigenvalue weighted by Crippen LogP contribution is -2.32. The van der Waals surface area contributed by atoms with Crippen molar-refractivity contribution in [3.63, 3.8) is 0 Å². The molecule has 0 saturated carbocycles. The Labute approximate surface area is 181 Å². The molecule has 0 aliphatic carbocycles. The summed E-state index contributed by atoms with van der Waals surface area (Å²) in [5, 5.41) is 11.0. The van der Waals surface area contributed by atoms with Crippen LogP contribution in [0.2, 0.25) is 0 Å². The lowest BCUT2D eigenvalue weighted by Gasteiger charge is -2.19. The average Bonchev–Trinajstić information content (AvgIpc) is 3.15. The number of esters is 1. The Morgan fingerprint density at radius 1 is 1.26 bits per heavy atom. The molecular weight excluding hydrogens is 431 g/mol. The first-order valence-electron chi connectivity index (χ1n) is 9.41. The highest BCUT2D eigenvalue weighted by Gasteiger charge is 2.38. The van der Waals surface area contributed by atoms with E-state index in [9.17, 15) is 28.9 Å². The second-order valence-electron chi connectivity index (χ2n) is 6.96. The van der Waals surface area contributed by atoms with Crippen LogP contribution in [0.5, 0.6) is 0 Å². The molecule has 0 aromatic heterocycles. The van der Waals surface area contributed by atoms with Crippen LogP contribution < -0.4 is 4.90 Å². The van der Waals surface area contributed by atoms with Crippen molar-refractivity contribution in [1.82, 2.24) is 0 Å². The quantitative estimate of drug-likeness (QED) is 0.201. The highest BCUT2D eigenvalue weighted by molar-refractivity contribution is 6.18. The number of nitrogens with zero attached hydrogens (tertiary/aromatic N) is 2. The molecule has 1 aliphatic heterocycles. The number of benzene rings is 2. The van der Waals surface area contributed by atoms with Crippen molar-refractivity contribution < 1.29 is 28.4 Å². The van der Waals surface area contributed by atoms with Gasteiger partial charge in [-0.05, 0) is 30.3 Å². The number of nitro benzene ring substituents is 1. The summed E-state index contributed by atoms with van der Waals surface area (Å²) in [6.07, 6.45) is -1.27. The lowest BCUT2D eigenvalue weighted by molar-refractivity contribution is -0.384. The van der Waals surface area contributed by atoms with Crippen molar-refractivity contribution in [2.24, 2.45) is 5.92 Å². The van der Waals surface area contributed by atoms with Gasteiger partial charge in [-0.2, -0.15) is 0 Å². The van der Waals surface area contributed by atoms with E-state index in [1.807, 2.05) is 0 Å². The zero-order valence-electron chi connectivity index (χ0n) is 16.2. The smallest absolute Gasteiger partial charge is 0.312 e. The van der Waals surface area contributed by atoms with Gasteiger partial charge in [-0.25, -0.2) is 4.39 Å². The van der Waals surface area contributed by atoms with Gasteiger partial charge < -0.3 is 9.64 Å². The van der Waals surface area contributed by atoms with Gasteiger partial charge in [-0.15, -0.1) is 11.6 Å². The number of amides is 1. The number of ether oxygens (including phenoxy) is 1. The molecule has 2 aromatic carbocycles. The van der Waals surface area contributed by atoms with E-state index in [0.717, 1.165) is 12.1 Å². The second-order valence-corrected chi connectivity index (χ2v) is 7.33. The summed E-state index contributed by atoms with van der Waals surface area (Å²) in [6.45, 7) is -0.0306. The van der Waals surface area contributed by atoms with Gasteiger partial charge in [-0.1, -0.05) is 6.07 Å². The van der Waals surface area contributed by atoms with Gasteiger partial charge in [0.2, 0.25) is 11.7 Å². The molecule has 1 aliphatic rings. The van der Waals surface area contributed by atoms with Crippen LogP contribution in [0.15, 0.2) is 48.5 Å². The zero-order chi connectivity index (χ0) is 22.5. The maximum atomic E-state index is 13.1. The summed E-state index contributed by atoms with van der Waals surface area (Å²) in [5.74, 6) is -2.95. The van der Waals surface area contributed by atoms with E-state index in [4.69, 9.17) is 16.3 Å². The molecule has 1 fully saturated rings. The van der Waals surface area contributed by atoms with E-state index >= 15 is 0 Å². The molecule has 1 saturated heterocycles. The number of carbonyl (C=O) groups is 3. The minimum absolute atomic E-state index is 0.0306. The Kier molecular flexibility index (Phi) is 6.96. The maximum absolute atomic E-state index is 13.1. The summed E-state index contributed by atoms with van der Waals surface area (Å²) >= 11 is 5.74. The molecule has 2 atom stereocenters. The highest BCUT2D eigenvalue weighted by atomic mass is 35.5. The Morgan fingerprint density at radius 2 is 1.97 bits per heavy atom. The number of ketones is 1. The highest BCUT2D eigenvalue weighted by Crippen LogP contribution is 2.29. The number of halogens is 2. The van der Waals surface area contributed by atoms with Crippen molar-refractivity contribution in [3.8, 4) is 0 Å². The van der Waals surface area contributed by atoms with E-state index in [1.165, 1.54) is 41.3 Å². The molecule has 0 N–H and O–H groups in total. The molecule has 1 heterocycles. The lowest BCUT2D eigenvalue weighted by atomic mass is 10.0. The van der Waals surface area contributed by atoms with Crippen LogP contribution in [0.3, 0.4) is 0 Å². The van der Waals surface area contributed by atoms with Gasteiger partial charge in [0.1, 0.15) is 5.82 Å². The van der Waals surface area contributed by atoms with E-state index in [2.05, 4.69) is 0 Å². The van der Waals surface area contributed by atoms with Crippen LogP contribution in [-0.2, 0) is 14.3 Å². The van der Waals surface area contributed by atoms with Gasteiger partial charge in [0.15, 0.2) is 6.10 Å². The predicted octanol–water partition coefficient (Wildman–Crippen LogP) is 3.51. The molecule has 0 bridgehead atoms. The first-order valence-corrected chi connectivity index (χ1v) is 9.94. The molecule has 0 unspecified atom stereocenters. The summed E-state index contributed by atoms with van der Waals surface area (Å²) in [6, 6.07) is 10.4. The van der Waals surface area contributed by atoms with Gasteiger partial charge >= 0.3 is 5.97 Å². The summed E-state index contributed by atoms with van der Waals surface area (Å²) in [7, 11) is 0. The van der Waals surface area contributed by atoms with E-state index in [-0.39, 0.29) is 42.4 Å². The van der Waals surface area contributed by atoms with Gasteiger partial charge in [0, 0.05) is 43.0 Å². The first kappa shape index (κ1) is 22.4. The number of carbonyl (C=O) groups excluding carboxylic acids is 3. The molecular formula is C21H18ClFN2O6. The molecule has 2 aromatic rings. The van der Waals surface area contributed by atoms with Crippen molar-refractivity contribution in [2.45, 2.75) is 18.9 Å². The standard InChI is InChI=1S/C21H18ClFN2O6/c22-9-8-18(20(27)13-4-6-15(23)7-5-13)31-21(28)14-10-19(26)24(12-14)16-2-1-3-17(11-16)25(29)30/h1-7,11,14,18H,8-10,12H2/t14-,18+/m1/s1. The SMILES string of the molecule is O=C(O[C@@H](CCCl)C(=O)c1ccc(F)cc1)[C@@H]1CC(=O)N(c2cccc([N+](=O)[O-])c2)C1. The van der Waals surface area contributed by atoms with Gasteiger partial charge in [0.25, 0.3) is 5.69 Å². The third-order valence-electron chi connectivity index (χ3n) is 4.86. The number of anilines is 1. The van der Waals surface area contributed by atoms with Crippen LogP contribution in [0, 0.1) is 21.8 Å². The molecule has 162 valence electrons. The molecule has 31 heavy (non-hydrogen) atoms. The van der Waals surface area contributed by atoms with Gasteiger partial charge in [-0.3, -0.25) is 24.5 Å². The summed E-state index contributed by atoms with van der Waals surface area (Å²) < 4.78 is 18.5. The summed E-state index contributed by atoms with van der Waals surface area (Å²) in [5.41, 5.74) is 0.294. The number of alkyl halides is 1. The van der Waals surface area contributed by atoms with Crippen LogP contribution >= 0.6 is 11.6 Å². The van der Waals surface area contributed by atoms with Crippen LogP contribution in [0.4, 0.5) is 15.8 Å². The Morgan fingerprint density at radius 3 is 2.61 bits per heavy atom. The van der Waals surface area contributed by atoms with Crippen molar-refractivity contribution in [1.29, 1.82) is 0 Å². The molecule has 3 rings (SSSR count). The largest absolute Gasteiger partial charge is 0.454 e. The topological polar surface area (TPSA) is 107 Å². The fourth-order valence-electron chi connectivity index (χ4n) is 3.27. The fraction of sp³-hybridized carbons (Fsp3) is 0.286. The first-order chi connectivity index (χ1) is 14.8. The average molecular weight is 449 g/mol. The van der Waals surface area contributed by atoms with Crippen molar-refractivity contribution in [2.75, 3.05) is 17.3 Å². The third kappa shape index (κ3) is 5.24. The van der Waals surface area contributed by atoms with Crippen LogP contribution in [0.1, 0.15) is 23.2 Å². The van der Waals surface area contributed by atoms with Gasteiger partial charge in [0.05, 0.1) is 16.5 Å². The zero-order valence-corrected chi connectivity index (χ0v) is 17.0. The number of Topliss-reactive ketones (excluding diaryl/α,β-unsaturated/α-hetero) is 1. The number of hydrogen-bond acceptors (Lipinski definition) is 6. The number of nitro groups is 1. The maximum Gasteiger partial charge on any atom is 0.312 e. The normalized spacial score (nSPS) is 16.8. The minimum Gasteiger partial charge on any atom is -0.454 e. The molecule has 0 spiro atoms. The van der Waals surface area contributed by atoms with Crippen LogP contribution in [0.25, 0.3) is 0 Å². The summed E-state index contributed by atoms with van der Waals surface area (Å²) in [4.78, 5) is 49.4. The number of rotatable bonds is 8. The predicted molar refractivity (Wildman–Crippen MR) is 110 cm³/mol.